The monoisotopic (exact) mass is 476 g/mol. The average molecular weight is 477 g/mol. The normalized spacial score (nSPS) is 14.4. The molecular weight excluding hydrogens is 452 g/mol. The van der Waals surface area contributed by atoms with Crippen molar-refractivity contribution in [1.82, 2.24) is 24.5 Å². The van der Waals surface area contributed by atoms with Crippen LogP contribution in [0.2, 0.25) is 5.02 Å². The molecule has 0 bridgehead atoms. The van der Waals surface area contributed by atoms with E-state index in [-0.39, 0.29) is 11.6 Å². The first-order chi connectivity index (χ1) is 16.5. The number of benzene rings is 1. The van der Waals surface area contributed by atoms with Crippen molar-refractivity contribution in [1.29, 1.82) is 0 Å². The summed E-state index contributed by atoms with van der Waals surface area (Å²) in [6.07, 6.45) is 6.87. The summed E-state index contributed by atoms with van der Waals surface area (Å²) in [4.78, 5) is 31.3. The maximum Gasteiger partial charge on any atom is 0.260 e. The third-order valence-corrected chi connectivity index (χ3v) is 6.42. The number of nitrogens with one attached hydrogen (secondary N) is 1. The van der Waals surface area contributed by atoms with Crippen molar-refractivity contribution in [3.8, 4) is 22.4 Å². The molecule has 0 spiro atoms. The van der Waals surface area contributed by atoms with Crippen LogP contribution in [0.15, 0.2) is 47.7 Å². The summed E-state index contributed by atoms with van der Waals surface area (Å²) in [6, 6.07) is 7.68. The lowest BCUT2D eigenvalue weighted by Gasteiger charge is -2.23. The SMILES string of the molecule is CCn1c(=O)c(-c2ccc(-c3nccnc3C)cc2Cl)cc2cnc(NC3CCOCC3)nc21. The minimum atomic E-state index is -0.143. The Bertz CT molecular complexity index is 1410. The first-order valence-electron chi connectivity index (χ1n) is 11.4. The number of hydrogen-bond donors (Lipinski definition) is 1. The zero-order chi connectivity index (χ0) is 23.7. The average Bonchev–Trinajstić information content (AvgIpc) is 2.85. The van der Waals surface area contributed by atoms with E-state index in [1.807, 2.05) is 38.1 Å². The molecule has 4 aromatic rings. The van der Waals surface area contributed by atoms with Gasteiger partial charge in [-0.3, -0.25) is 19.3 Å². The van der Waals surface area contributed by atoms with Crippen molar-refractivity contribution in [2.75, 3.05) is 18.5 Å². The topological polar surface area (TPSA) is 94.8 Å². The predicted molar refractivity (Wildman–Crippen MR) is 133 cm³/mol. The number of fused-ring (bicyclic) bond motifs is 1. The molecule has 8 nitrogen and oxygen atoms in total. The highest BCUT2D eigenvalue weighted by molar-refractivity contribution is 6.33. The van der Waals surface area contributed by atoms with Crippen molar-refractivity contribution in [3.05, 3.63) is 63.9 Å². The zero-order valence-electron chi connectivity index (χ0n) is 19.1. The van der Waals surface area contributed by atoms with Crippen LogP contribution in [0.25, 0.3) is 33.4 Å². The lowest BCUT2D eigenvalue weighted by Crippen LogP contribution is -2.29. The summed E-state index contributed by atoms with van der Waals surface area (Å²) >= 11 is 6.67. The second-order valence-electron chi connectivity index (χ2n) is 8.30. The molecule has 5 rings (SSSR count). The Morgan fingerprint density at radius 2 is 1.91 bits per heavy atom. The van der Waals surface area contributed by atoms with Gasteiger partial charge in [-0.25, -0.2) is 4.98 Å². The van der Waals surface area contributed by atoms with E-state index in [9.17, 15) is 4.79 Å². The molecule has 1 N–H and O–H groups in total. The fourth-order valence-corrected chi connectivity index (χ4v) is 4.59. The second-order valence-corrected chi connectivity index (χ2v) is 8.70. The number of hydrogen-bond acceptors (Lipinski definition) is 7. The van der Waals surface area contributed by atoms with Gasteiger partial charge in [-0.15, -0.1) is 0 Å². The molecule has 1 saturated heterocycles. The van der Waals surface area contributed by atoms with Crippen LogP contribution in [0.4, 0.5) is 5.95 Å². The maximum absolute atomic E-state index is 13.5. The minimum absolute atomic E-state index is 0.143. The molecule has 34 heavy (non-hydrogen) atoms. The Hall–Kier alpha value is -3.36. The van der Waals surface area contributed by atoms with Gasteiger partial charge in [0.05, 0.1) is 11.4 Å². The molecule has 0 saturated carbocycles. The minimum Gasteiger partial charge on any atom is -0.381 e. The molecule has 0 amide bonds. The first kappa shape index (κ1) is 22.4. The lowest BCUT2D eigenvalue weighted by atomic mass is 10.0. The van der Waals surface area contributed by atoms with Crippen molar-refractivity contribution < 1.29 is 4.74 Å². The van der Waals surface area contributed by atoms with Gasteiger partial charge in [-0.2, -0.15) is 4.98 Å². The van der Waals surface area contributed by atoms with Crippen LogP contribution in [0, 0.1) is 6.92 Å². The van der Waals surface area contributed by atoms with E-state index in [2.05, 4.69) is 25.3 Å². The van der Waals surface area contributed by atoms with Crippen LogP contribution in [-0.2, 0) is 11.3 Å². The Balaban J connectivity index is 1.55. The molecule has 1 aromatic carbocycles. The Morgan fingerprint density at radius 3 is 2.65 bits per heavy atom. The number of aryl methyl sites for hydroxylation is 2. The van der Waals surface area contributed by atoms with Crippen LogP contribution in [0.1, 0.15) is 25.5 Å². The highest BCUT2D eigenvalue weighted by atomic mass is 35.5. The molecule has 4 heterocycles. The standard InChI is InChI=1S/C25H25ClN6O2/c1-3-32-23-17(14-29-25(31-23)30-18-6-10-34-11-7-18)12-20(24(32)33)19-5-4-16(13-21(19)26)22-15(2)27-8-9-28-22/h4-5,8-9,12-14,18H,3,6-7,10-11H2,1-2H3,(H,29,30,31). The largest absolute Gasteiger partial charge is 0.381 e. The number of nitrogens with zero attached hydrogens (tertiary/aromatic N) is 5. The van der Waals surface area contributed by atoms with Crippen molar-refractivity contribution in [2.24, 2.45) is 0 Å². The van der Waals surface area contributed by atoms with Crippen LogP contribution < -0.4 is 10.9 Å². The van der Waals surface area contributed by atoms with E-state index in [0.717, 1.165) is 48.4 Å². The quantitative estimate of drug-likeness (QED) is 0.453. The van der Waals surface area contributed by atoms with Crippen LogP contribution >= 0.6 is 11.6 Å². The fourth-order valence-electron chi connectivity index (χ4n) is 4.31. The summed E-state index contributed by atoms with van der Waals surface area (Å²) in [5, 5.41) is 4.63. The number of pyridine rings is 1. The van der Waals surface area contributed by atoms with Crippen molar-refractivity contribution in [2.45, 2.75) is 39.3 Å². The van der Waals surface area contributed by atoms with Gasteiger partial charge in [-0.05, 0) is 38.8 Å². The summed E-state index contributed by atoms with van der Waals surface area (Å²) in [6.45, 7) is 5.76. The molecule has 0 atom stereocenters. The molecule has 1 aliphatic rings. The van der Waals surface area contributed by atoms with E-state index in [0.29, 0.717) is 34.3 Å². The Labute approximate surface area is 202 Å². The first-order valence-corrected chi connectivity index (χ1v) is 11.8. The smallest absolute Gasteiger partial charge is 0.260 e. The third kappa shape index (κ3) is 4.26. The Kier molecular flexibility index (Phi) is 6.26. The van der Waals surface area contributed by atoms with Crippen LogP contribution in [0.3, 0.4) is 0 Å². The Morgan fingerprint density at radius 1 is 1.12 bits per heavy atom. The maximum atomic E-state index is 13.5. The summed E-state index contributed by atoms with van der Waals surface area (Å²) in [7, 11) is 0. The summed E-state index contributed by atoms with van der Waals surface area (Å²) in [5.41, 5.74) is 4.05. The van der Waals surface area contributed by atoms with Gasteiger partial charge >= 0.3 is 0 Å². The van der Waals surface area contributed by atoms with Crippen LogP contribution in [0.5, 0.6) is 0 Å². The van der Waals surface area contributed by atoms with Gasteiger partial charge in [0, 0.05) is 71.5 Å². The number of anilines is 1. The summed E-state index contributed by atoms with van der Waals surface area (Å²) in [5.74, 6) is 0.524. The van der Waals surface area contributed by atoms with Crippen molar-refractivity contribution >= 4 is 28.6 Å². The van der Waals surface area contributed by atoms with Gasteiger partial charge < -0.3 is 10.1 Å². The number of rotatable bonds is 5. The molecule has 1 fully saturated rings. The zero-order valence-corrected chi connectivity index (χ0v) is 19.8. The highest BCUT2D eigenvalue weighted by Gasteiger charge is 2.18. The fraction of sp³-hybridized carbons (Fsp3) is 0.320. The number of halogens is 1. The summed E-state index contributed by atoms with van der Waals surface area (Å²) < 4.78 is 7.08. The van der Waals surface area contributed by atoms with Gasteiger partial charge in [0.2, 0.25) is 5.95 Å². The number of aromatic nitrogens is 5. The van der Waals surface area contributed by atoms with E-state index in [4.69, 9.17) is 16.3 Å². The second kappa shape index (κ2) is 9.48. The van der Waals surface area contributed by atoms with Gasteiger partial charge in [-0.1, -0.05) is 23.7 Å². The molecule has 174 valence electrons. The molecule has 0 unspecified atom stereocenters. The van der Waals surface area contributed by atoms with Crippen molar-refractivity contribution in [3.63, 3.8) is 0 Å². The van der Waals surface area contributed by atoms with Crippen LogP contribution in [-0.4, -0.2) is 43.8 Å². The highest BCUT2D eigenvalue weighted by Crippen LogP contribution is 2.32. The van der Waals surface area contributed by atoms with E-state index in [1.54, 1.807) is 23.2 Å². The lowest BCUT2D eigenvalue weighted by molar-refractivity contribution is 0.0903. The van der Waals surface area contributed by atoms with Gasteiger partial charge in [0.1, 0.15) is 5.65 Å². The molecule has 0 aliphatic carbocycles. The van der Waals surface area contributed by atoms with E-state index < -0.39 is 0 Å². The molecular formula is C25H25ClN6O2. The van der Waals surface area contributed by atoms with E-state index >= 15 is 0 Å². The molecule has 9 heteroatoms. The number of ether oxygens (including phenoxy) is 1. The third-order valence-electron chi connectivity index (χ3n) is 6.11. The van der Waals surface area contributed by atoms with Gasteiger partial charge in [0.25, 0.3) is 5.56 Å². The van der Waals surface area contributed by atoms with Gasteiger partial charge in [0.15, 0.2) is 0 Å². The molecule has 1 aliphatic heterocycles. The molecule has 0 radical (unpaired) electrons. The predicted octanol–water partition coefficient (Wildman–Crippen LogP) is 4.49. The van der Waals surface area contributed by atoms with E-state index in [1.165, 1.54) is 0 Å². The molecule has 3 aromatic heterocycles.